The number of halogens is 1. The maximum absolute atomic E-state index is 13.1. The van der Waals surface area contributed by atoms with Crippen LogP contribution in [0.5, 0.6) is 5.75 Å². The Morgan fingerprint density at radius 3 is 2.75 bits per heavy atom. The van der Waals surface area contributed by atoms with Gasteiger partial charge in [-0.1, -0.05) is 24.3 Å². The molecule has 0 spiro atoms. The lowest BCUT2D eigenvalue weighted by Gasteiger charge is -2.32. The first kappa shape index (κ1) is 20.3. The molecular weight excluding hydrogens is 355 g/mol. The number of carbonyl (C=O) groups is 1. The molecule has 4 nitrogen and oxygen atoms in total. The average molecular weight is 384 g/mol. The van der Waals surface area contributed by atoms with Crippen LogP contribution in [0.1, 0.15) is 37.8 Å². The van der Waals surface area contributed by atoms with Crippen molar-refractivity contribution in [2.75, 3.05) is 13.1 Å². The fourth-order valence-corrected chi connectivity index (χ4v) is 3.60. The lowest BCUT2D eigenvalue weighted by Crippen LogP contribution is -2.42. The normalized spacial score (nSPS) is 17.5. The van der Waals surface area contributed by atoms with Crippen molar-refractivity contribution in [3.8, 4) is 5.75 Å². The Kier molecular flexibility index (Phi) is 7.04. The highest BCUT2D eigenvalue weighted by Crippen LogP contribution is 2.20. The van der Waals surface area contributed by atoms with Gasteiger partial charge in [-0.3, -0.25) is 9.69 Å². The minimum atomic E-state index is -0.220. The number of likely N-dealkylation sites (tertiary alicyclic amines) is 1. The zero-order valence-corrected chi connectivity index (χ0v) is 16.7. The number of hydrogen-bond acceptors (Lipinski definition) is 3. The Hall–Kier alpha value is -2.40. The molecule has 150 valence electrons. The van der Waals surface area contributed by atoms with Crippen LogP contribution >= 0.6 is 0 Å². The van der Waals surface area contributed by atoms with Crippen molar-refractivity contribution in [2.24, 2.45) is 5.92 Å². The average Bonchev–Trinajstić information content (AvgIpc) is 2.68. The number of nitrogens with one attached hydrogen (secondary N) is 1. The van der Waals surface area contributed by atoms with Gasteiger partial charge in [0.2, 0.25) is 5.91 Å². The molecule has 2 aromatic rings. The summed E-state index contributed by atoms with van der Waals surface area (Å²) in [5, 5.41) is 3.07. The number of piperidine rings is 1. The number of ether oxygens (including phenoxy) is 1. The number of hydrogen-bond donors (Lipinski definition) is 1. The molecule has 1 amide bonds. The predicted molar refractivity (Wildman–Crippen MR) is 108 cm³/mol. The molecular formula is C23H29FN2O2. The van der Waals surface area contributed by atoms with Crippen molar-refractivity contribution in [1.82, 2.24) is 10.2 Å². The van der Waals surface area contributed by atoms with E-state index in [2.05, 4.69) is 10.2 Å². The van der Waals surface area contributed by atoms with E-state index in [9.17, 15) is 9.18 Å². The monoisotopic (exact) mass is 384 g/mol. The fraction of sp³-hybridized carbons (Fsp3) is 0.435. The predicted octanol–water partition coefficient (Wildman–Crippen LogP) is 4.14. The van der Waals surface area contributed by atoms with Crippen molar-refractivity contribution < 1.29 is 13.9 Å². The van der Waals surface area contributed by atoms with E-state index >= 15 is 0 Å². The molecule has 0 unspecified atom stereocenters. The molecule has 0 radical (unpaired) electrons. The molecule has 1 N–H and O–H groups in total. The molecule has 28 heavy (non-hydrogen) atoms. The number of nitrogens with zero attached hydrogens (tertiary/aromatic N) is 1. The van der Waals surface area contributed by atoms with Crippen LogP contribution in [0.25, 0.3) is 0 Å². The van der Waals surface area contributed by atoms with Crippen LogP contribution < -0.4 is 10.1 Å². The van der Waals surface area contributed by atoms with E-state index in [1.165, 1.54) is 12.1 Å². The van der Waals surface area contributed by atoms with Crippen LogP contribution in [0.4, 0.5) is 4.39 Å². The molecule has 1 aliphatic rings. The maximum Gasteiger partial charge on any atom is 0.224 e. The van der Waals surface area contributed by atoms with Crippen molar-refractivity contribution in [2.45, 2.75) is 45.9 Å². The summed E-state index contributed by atoms with van der Waals surface area (Å²) in [5.41, 5.74) is 2.11. The minimum Gasteiger partial charge on any atom is -0.491 e. The molecule has 1 atom stereocenters. The summed E-state index contributed by atoms with van der Waals surface area (Å²) in [6, 6.07) is 14.4. The minimum absolute atomic E-state index is 0.00991. The van der Waals surface area contributed by atoms with Gasteiger partial charge in [-0.05, 0) is 68.6 Å². The Balaban J connectivity index is 1.50. The topological polar surface area (TPSA) is 41.6 Å². The Morgan fingerprint density at radius 2 is 2.00 bits per heavy atom. The fourth-order valence-electron chi connectivity index (χ4n) is 3.60. The van der Waals surface area contributed by atoms with E-state index in [1.54, 1.807) is 0 Å². The molecule has 2 aromatic carbocycles. The number of amides is 1. The van der Waals surface area contributed by atoms with Gasteiger partial charge < -0.3 is 10.1 Å². The number of rotatable bonds is 7. The molecule has 1 fully saturated rings. The van der Waals surface area contributed by atoms with Gasteiger partial charge in [0, 0.05) is 19.6 Å². The van der Waals surface area contributed by atoms with Crippen LogP contribution in [-0.4, -0.2) is 30.0 Å². The van der Waals surface area contributed by atoms with Crippen LogP contribution in [0.3, 0.4) is 0 Å². The van der Waals surface area contributed by atoms with Gasteiger partial charge in [0.05, 0.1) is 12.0 Å². The zero-order chi connectivity index (χ0) is 19.9. The van der Waals surface area contributed by atoms with Gasteiger partial charge in [-0.2, -0.15) is 0 Å². The van der Waals surface area contributed by atoms with E-state index in [4.69, 9.17) is 4.74 Å². The van der Waals surface area contributed by atoms with Gasteiger partial charge in [0.15, 0.2) is 0 Å². The summed E-state index contributed by atoms with van der Waals surface area (Å²) in [6.45, 7) is 6.95. The van der Waals surface area contributed by atoms with Crippen molar-refractivity contribution in [3.05, 3.63) is 65.5 Å². The summed E-state index contributed by atoms with van der Waals surface area (Å²) in [4.78, 5) is 14.9. The summed E-state index contributed by atoms with van der Waals surface area (Å²) in [7, 11) is 0. The van der Waals surface area contributed by atoms with Crippen LogP contribution in [-0.2, 0) is 17.9 Å². The smallest absolute Gasteiger partial charge is 0.224 e. The van der Waals surface area contributed by atoms with E-state index in [-0.39, 0.29) is 23.7 Å². The second-order valence-electron chi connectivity index (χ2n) is 7.73. The Morgan fingerprint density at radius 1 is 1.21 bits per heavy atom. The van der Waals surface area contributed by atoms with Crippen LogP contribution in [0.15, 0.2) is 48.5 Å². The Labute approximate surface area is 166 Å². The van der Waals surface area contributed by atoms with Gasteiger partial charge in [0.25, 0.3) is 0 Å². The SMILES string of the molecule is CC(C)Oc1cccc(CNC(=O)[C@H]2CCCN(Cc3ccc(F)cc3)C2)c1. The van der Waals surface area contributed by atoms with E-state index < -0.39 is 0 Å². The molecule has 0 aromatic heterocycles. The lowest BCUT2D eigenvalue weighted by atomic mass is 9.96. The Bertz CT molecular complexity index is 776. The van der Waals surface area contributed by atoms with E-state index in [0.717, 1.165) is 49.4 Å². The van der Waals surface area contributed by atoms with Crippen molar-refractivity contribution in [1.29, 1.82) is 0 Å². The molecule has 0 aliphatic carbocycles. The van der Waals surface area contributed by atoms with Gasteiger partial charge >= 0.3 is 0 Å². The first-order valence-electron chi connectivity index (χ1n) is 9.99. The second-order valence-corrected chi connectivity index (χ2v) is 7.73. The first-order chi connectivity index (χ1) is 13.5. The maximum atomic E-state index is 13.1. The van der Waals surface area contributed by atoms with E-state index in [1.807, 2.05) is 50.2 Å². The lowest BCUT2D eigenvalue weighted by molar-refractivity contribution is -0.126. The highest BCUT2D eigenvalue weighted by Gasteiger charge is 2.25. The quantitative estimate of drug-likeness (QED) is 0.780. The molecule has 5 heteroatoms. The third-order valence-electron chi connectivity index (χ3n) is 4.93. The molecule has 1 heterocycles. The molecule has 0 saturated carbocycles. The third kappa shape index (κ3) is 6.06. The number of benzene rings is 2. The second kappa shape index (κ2) is 9.69. The summed E-state index contributed by atoms with van der Waals surface area (Å²) in [5.74, 6) is 0.690. The highest BCUT2D eigenvalue weighted by molar-refractivity contribution is 5.79. The first-order valence-corrected chi connectivity index (χ1v) is 9.99. The molecule has 0 bridgehead atoms. The van der Waals surface area contributed by atoms with Crippen LogP contribution in [0, 0.1) is 11.7 Å². The largest absolute Gasteiger partial charge is 0.491 e. The molecule has 1 saturated heterocycles. The number of carbonyl (C=O) groups excluding carboxylic acids is 1. The van der Waals surface area contributed by atoms with Gasteiger partial charge in [0.1, 0.15) is 11.6 Å². The van der Waals surface area contributed by atoms with Gasteiger partial charge in [-0.25, -0.2) is 4.39 Å². The third-order valence-corrected chi connectivity index (χ3v) is 4.93. The van der Waals surface area contributed by atoms with Crippen molar-refractivity contribution >= 4 is 5.91 Å². The summed E-state index contributed by atoms with van der Waals surface area (Å²) in [6.07, 6.45) is 2.03. The molecule has 3 rings (SSSR count). The zero-order valence-electron chi connectivity index (χ0n) is 16.7. The highest BCUT2D eigenvalue weighted by atomic mass is 19.1. The van der Waals surface area contributed by atoms with E-state index in [0.29, 0.717) is 6.54 Å². The van der Waals surface area contributed by atoms with Crippen LogP contribution in [0.2, 0.25) is 0 Å². The summed E-state index contributed by atoms with van der Waals surface area (Å²) >= 11 is 0. The molecule has 1 aliphatic heterocycles. The van der Waals surface area contributed by atoms with Crippen molar-refractivity contribution in [3.63, 3.8) is 0 Å². The standard InChI is InChI=1S/C23H29FN2O2/c1-17(2)28-22-7-3-5-19(13-22)14-25-23(27)20-6-4-12-26(16-20)15-18-8-10-21(24)11-9-18/h3,5,7-11,13,17,20H,4,6,12,14-16H2,1-2H3,(H,25,27)/t20-/m0/s1. The van der Waals surface area contributed by atoms with Gasteiger partial charge in [-0.15, -0.1) is 0 Å². The summed E-state index contributed by atoms with van der Waals surface area (Å²) < 4.78 is 18.8.